The first kappa shape index (κ1) is 21.8. The topological polar surface area (TPSA) is 72.3 Å². The van der Waals surface area contributed by atoms with E-state index in [2.05, 4.69) is 21.3 Å². The summed E-state index contributed by atoms with van der Waals surface area (Å²) in [5.41, 5.74) is 2.59. The van der Waals surface area contributed by atoms with Crippen LogP contribution in [0.3, 0.4) is 0 Å². The van der Waals surface area contributed by atoms with Crippen LogP contribution in [0.1, 0.15) is 18.5 Å². The summed E-state index contributed by atoms with van der Waals surface area (Å²) in [6.07, 6.45) is 3.42. The molecular weight excluding hydrogens is 402 g/mol. The first-order valence-corrected chi connectivity index (χ1v) is 9.86. The maximum Gasteiger partial charge on any atom is 0.255 e. The van der Waals surface area contributed by atoms with E-state index >= 15 is 0 Å². The molecule has 30 heavy (non-hydrogen) atoms. The van der Waals surface area contributed by atoms with Crippen molar-refractivity contribution < 1.29 is 4.74 Å². The number of ether oxygens (including phenoxy) is 1. The number of anilines is 1. The third kappa shape index (κ3) is 4.47. The molecule has 1 aliphatic heterocycles. The Morgan fingerprint density at radius 1 is 1.20 bits per heavy atom. The third-order valence-electron chi connectivity index (χ3n) is 5.14. The molecule has 0 radical (unpaired) electrons. The van der Waals surface area contributed by atoms with Crippen LogP contribution < -0.4 is 20.5 Å². The van der Waals surface area contributed by atoms with Gasteiger partial charge in [0.2, 0.25) is 5.95 Å². The predicted octanol–water partition coefficient (Wildman–Crippen LogP) is 2.81. The highest BCUT2D eigenvalue weighted by Gasteiger charge is 2.26. The molecule has 8 heteroatoms. The lowest BCUT2D eigenvalue weighted by molar-refractivity contribution is 0.329. The summed E-state index contributed by atoms with van der Waals surface area (Å²) in [5, 5.41) is 3.57. The van der Waals surface area contributed by atoms with Crippen LogP contribution in [0, 0.1) is 0 Å². The van der Waals surface area contributed by atoms with Gasteiger partial charge in [-0.2, -0.15) is 0 Å². The van der Waals surface area contributed by atoms with Crippen molar-refractivity contribution in [1.29, 1.82) is 0 Å². The number of nitrogens with zero attached hydrogens (tertiary/aromatic N) is 4. The summed E-state index contributed by atoms with van der Waals surface area (Å²) < 4.78 is 7.43. The molecule has 1 atom stereocenters. The highest BCUT2D eigenvalue weighted by molar-refractivity contribution is 5.85. The zero-order chi connectivity index (χ0) is 20.2. The molecular formula is C22H26ClN5O2. The minimum absolute atomic E-state index is 0. The monoisotopic (exact) mass is 427 g/mol. The Morgan fingerprint density at radius 2 is 1.97 bits per heavy atom. The van der Waals surface area contributed by atoms with Gasteiger partial charge in [0, 0.05) is 56.3 Å². The van der Waals surface area contributed by atoms with E-state index in [1.165, 1.54) is 0 Å². The van der Waals surface area contributed by atoms with E-state index in [9.17, 15) is 4.79 Å². The first-order valence-electron chi connectivity index (χ1n) is 9.86. The van der Waals surface area contributed by atoms with Crippen LogP contribution in [-0.2, 0) is 7.05 Å². The molecule has 7 nitrogen and oxygen atoms in total. The lowest BCUT2D eigenvalue weighted by Crippen LogP contribution is -2.47. The van der Waals surface area contributed by atoms with Gasteiger partial charge >= 0.3 is 0 Å². The van der Waals surface area contributed by atoms with E-state index in [-0.39, 0.29) is 24.0 Å². The molecule has 4 rings (SSSR count). The van der Waals surface area contributed by atoms with Gasteiger partial charge in [-0.3, -0.25) is 14.3 Å². The number of hydrogen-bond acceptors (Lipinski definition) is 6. The Labute approximate surface area is 182 Å². The molecule has 1 N–H and O–H groups in total. The Bertz CT molecular complexity index is 1040. The summed E-state index contributed by atoms with van der Waals surface area (Å²) in [6.45, 7) is 4.87. The lowest BCUT2D eigenvalue weighted by atomic mass is 10.0. The van der Waals surface area contributed by atoms with Crippen molar-refractivity contribution in [3.8, 4) is 17.0 Å². The summed E-state index contributed by atoms with van der Waals surface area (Å²) in [7, 11) is 1.77. The van der Waals surface area contributed by atoms with Gasteiger partial charge in [0.05, 0.1) is 18.3 Å². The van der Waals surface area contributed by atoms with Crippen molar-refractivity contribution in [2.75, 3.05) is 31.1 Å². The Balaban J connectivity index is 0.00000256. The highest BCUT2D eigenvalue weighted by Crippen LogP contribution is 2.28. The number of hydrogen-bond donors (Lipinski definition) is 1. The predicted molar refractivity (Wildman–Crippen MR) is 121 cm³/mol. The van der Waals surface area contributed by atoms with Crippen molar-refractivity contribution in [1.82, 2.24) is 19.9 Å². The van der Waals surface area contributed by atoms with Gasteiger partial charge < -0.3 is 15.0 Å². The number of benzene rings is 1. The molecule has 1 unspecified atom stereocenters. The number of aromatic nitrogens is 3. The van der Waals surface area contributed by atoms with E-state index in [0.717, 1.165) is 30.0 Å². The Kier molecular flexibility index (Phi) is 7.07. The molecule has 1 fully saturated rings. The second-order valence-corrected chi connectivity index (χ2v) is 7.00. The van der Waals surface area contributed by atoms with Gasteiger partial charge in [0.25, 0.3) is 5.56 Å². The van der Waals surface area contributed by atoms with Gasteiger partial charge in [-0.15, -0.1) is 12.4 Å². The average Bonchev–Trinajstić information content (AvgIpc) is 2.77. The molecule has 1 aromatic carbocycles. The van der Waals surface area contributed by atoms with Gasteiger partial charge in [0.1, 0.15) is 5.75 Å². The number of nitrogens with one attached hydrogen (secondary N) is 1. The van der Waals surface area contributed by atoms with E-state index in [1.54, 1.807) is 30.1 Å². The number of pyridine rings is 1. The fraction of sp³-hybridized carbons (Fsp3) is 0.318. The van der Waals surface area contributed by atoms with Crippen molar-refractivity contribution in [3.63, 3.8) is 0 Å². The van der Waals surface area contributed by atoms with E-state index < -0.39 is 0 Å². The molecule has 0 aliphatic carbocycles. The molecule has 158 valence electrons. The molecule has 1 saturated heterocycles. The maximum absolute atomic E-state index is 12.6. The molecule has 3 heterocycles. The molecule has 2 aromatic heterocycles. The van der Waals surface area contributed by atoms with Gasteiger partial charge in [0.15, 0.2) is 0 Å². The smallest absolute Gasteiger partial charge is 0.255 e. The zero-order valence-corrected chi connectivity index (χ0v) is 17.9. The second-order valence-electron chi connectivity index (χ2n) is 7.00. The largest absolute Gasteiger partial charge is 0.494 e. The fourth-order valence-corrected chi connectivity index (χ4v) is 3.68. The summed E-state index contributed by atoms with van der Waals surface area (Å²) in [4.78, 5) is 23.6. The molecule has 0 spiro atoms. The lowest BCUT2D eigenvalue weighted by Gasteiger charge is -2.35. The number of para-hydroxylation sites is 1. The van der Waals surface area contributed by atoms with Crippen LogP contribution in [0.15, 0.2) is 59.7 Å². The van der Waals surface area contributed by atoms with Crippen molar-refractivity contribution >= 4 is 18.4 Å². The summed E-state index contributed by atoms with van der Waals surface area (Å²) >= 11 is 0. The highest BCUT2D eigenvalue weighted by atomic mass is 35.5. The Morgan fingerprint density at radius 3 is 2.73 bits per heavy atom. The van der Waals surface area contributed by atoms with E-state index in [0.29, 0.717) is 24.8 Å². The van der Waals surface area contributed by atoms with Crippen molar-refractivity contribution in [2.45, 2.75) is 13.0 Å². The normalized spacial score (nSPS) is 16.1. The molecule has 0 saturated carbocycles. The van der Waals surface area contributed by atoms with Crippen molar-refractivity contribution in [2.24, 2.45) is 7.05 Å². The summed E-state index contributed by atoms with van der Waals surface area (Å²) in [6, 6.07) is 13.5. The number of rotatable bonds is 5. The minimum atomic E-state index is -0.0772. The fourth-order valence-electron chi connectivity index (χ4n) is 3.68. The first-order chi connectivity index (χ1) is 14.2. The van der Waals surface area contributed by atoms with Gasteiger partial charge in [-0.25, -0.2) is 4.98 Å². The van der Waals surface area contributed by atoms with Crippen LogP contribution >= 0.6 is 12.4 Å². The second kappa shape index (κ2) is 9.73. The standard InChI is InChI=1S/C22H25N5O2.ClH/c1-3-29-20-7-5-4-6-17(20)19-15-27(13-12-24-19)22-25-18(14-21(28)26(22)2)16-8-10-23-11-9-16;/h4-11,14,19,24H,3,12-13,15H2,1-2H3;1H. The Hall–Kier alpha value is -2.90. The van der Waals surface area contributed by atoms with E-state index in [4.69, 9.17) is 9.72 Å². The van der Waals surface area contributed by atoms with E-state index in [1.807, 2.05) is 37.3 Å². The summed E-state index contributed by atoms with van der Waals surface area (Å²) in [5.74, 6) is 1.56. The zero-order valence-electron chi connectivity index (χ0n) is 17.1. The van der Waals surface area contributed by atoms with Crippen LogP contribution in [0.25, 0.3) is 11.3 Å². The van der Waals surface area contributed by atoms with Crippen LogP contribution in [0.5, 0.6) is 5.75 Å². The number of halogens is 1. The molecule has 1 aliphatic rings. The van der Waals surface area contributed by atoms with Gasteiger partial charge in [-0.1, -0.05) is 18.2 Å². The number of piperazine rings is 1. The van der Waals surface area contributed by atoms with Crippen LogP contribution in [-0.4, -0.2) is 40.8 Å². The van der Waals surface area contributed by atoms with Crippen LogP contribution in [0.4, 0.5) is 5.95 Å². The third-order valence-corrected chi connectivity index (χ3v) is 5.14. The quantitative estimate of drug-likeness (QED) is 0.675. The molecule has 3 aromatic rings. The minimum Gasteiger partial charge on any atom is -0.494 e. The maximum atomic E-state index is 12.6. The molecule has 0 amide bonds. The SMILES string of the molecule is CCOc1ccccc1C1CN(c2nc(-c3ccncc3)cc(=O)n2C)CCN1.Cl. The average molecular weight is 428 g/mol. The van der Waals surface area contributed by atoms with Crippen LogP contribution in [0.2, 0.25) is 0 Å². The van der Waals surface area contributed by atoms with Gasteiger partial charge in [-0.05, 0) is 25.1 Å². The molecule has 0 bridgehead atoms. The van der Waals surface area contributed by atoms with Crippen molar-refractivity contribution in [3.05, 3.63) is 70.8 Å².